The van der Waals surface area contributed by atoms with Crippen molar-refractivity contribution in [2.45, 2.75) is 6.92 Å². The Bertz CT molecular complexity index is 1480. The van der Waals surface area contributed by atoms with Crippen LogP contribution in [0.4, 0.5) is 11.4 Å². The number of azo groups is 1. The molecule has 0 amide bonds. The van der Waals surface area contributed by atoms with Crippen molar-refractivity contribution in [3.63, 3.8) is 0 Å². The van der Waals surface area contributed by atoms with Gasteiger partial charge in [-0.2, -0.15) is 0 Å². The third-order valence-corrected chi connectivity index (χ3v) is 5.69. The fourth-order valence-electron chi connectivity index (χ4n) is 3.30. The first-order valence-corrected chi connectivity index (χ1v) is 10.7. The first-order chi connectivity index (χ1) is 15.9. The van der Waals surface area contributed by atoms with Crippen LogP contribution in [0, 0.1) is 11.7 Å². The second-order valence-electron chi connectivity index (χ2n) is 7.07. The zero-order valence-electron chi connectivity index (χ0n) is 17.8. The summed E-state index contributed by atoms with van der Waals surface area (Å²) in [7, 11) is 1.56. The molecule has 0 saturated carbocycles. The maximum Gasteiger partial charge on any atom is 0.290 e. The van der Waals surface area contributed by atoms with Gasteiger partial charge >= 0.3 is 0 Å². The number of aromatic nitrogens is 2. The Balaban J connectivity index is 2.03. The molecule has 0 atom stereocenters. The normalized spacial score (nSPS) is 11.1. The van der Waals surface area contributed by atoms with Crippen LogP contribution in [0.2, 0.25) is 5.02 Å². The number of hydrogen-bond donors (Lipinski definition) is 1. The molecule has 0 radical (unpaired) electrons. The lowest BCUT2D eigenvalue weighted by molar-refractivity contribution is 0.414. The first-order valence-electron chi connectivity index (χ1n) is 9.90. The highest BCUT2D eigenvalue weighted by Gasteiger charge is 2.20. The van der Waals surface area contributed by atoms with Crippen molar-refractivity contribution in [3.8, 4) is 23.0 Å². The maximum absolute atomic E-state index is 13.4. The number of para-hydroxylation sites is 1. The van der Waals surface area contributed by atoms with Gasteiger partial charge in [0.15, 0.2) is 4.77 Å². The molecule has 0 bridgehead atoms. The van der Waals surface area contributed by atoms with Crippen molar-refractivity contribution >= 4 is 35.2 Å². The summed E-state index contributed by atoms with van der Waals surface area (Å²) >= 11 is 11.8. The molecule has 1 aromatic heterocycles. The number of nitrogens with zero attached hydrogens (tertiary/aromatic N) is 4. The van der Waals surface area contributed by atoms with Gasteiger partial charge in [0.2, 0.25) is 11.6 Å². The van der Waals surface area contributed by atoms with Crippen LogP contribution >= 0.6 is 23.8 Å². The molecule has 4 aromatic rings. The predicted octanol–water partition coefficient (Wildman–Crippen LogP) is 6.45. The van der Waals surface area contributed by atoms with Gasteiger partial charge in [-0.1, -0.05) is 41.9 Å². The van der Waals surface area contributed by atoms with Crippen molar-refractivity contribution < 1.29 is 9.84 Å². The van der Waals surface area contributed by atoms with Crippen molar-refractivity contribution in [3.05, 3.63) is 98.5 Å². The zero-order chi connectivity index (χ0) is 23.5. The molecule has 4 rings (SSSR count). The molecule has 3 aromatic carbocycles. The molecule has 0 spiro atoms. The Morgan fingerprint density at radius 3 is 2.27 bits per heavy atom. The molecular weight excluding hydrogens is 460 g/mol. The maximum atomic E-state index is 13.4. The number of halogens is 1. The SMILES string of the molecule is COc1ccc(-n2c(=O)c(N=Nc3ccccc3Cl)c(O)n(-c3ccccc3C)c2=S)cc1. The number of aromatic hydroxyl groups is 1. The second kappa shape index (κ2) is 9.40. The molecule has 0 aliphatic heterocycles. The van der Waals surface area contributed by atoms with Crippen molar-refractivity contribution in [1.82, 2.24) is 9.13 Å². The molecule has 0 aliphatic carbocycles. The number of rotatable bonds is 5. The summed E-state index contributed by atoms with van der Waals surface area (Å²) in [4.78, 5) is 13.4. The largest absolute Gasteiger partial charge is 0.497 e. The smallest absolute Gasteiger partial charge is 0.290 e. The average Bonchev–Trinajstić information content (AvgIpc) is 2.82. The number of hydrogen-bond acceptors (Lipinski definition) is 6. The highest BCUT2D eigenvalue weighted by molar-refractivity contribution is 7.71. The third kappa shape index (κ3) is 4.30. The van der Waals surface area contributed by atoms with E-state index in [1.165, 1.54) is 9.13 Å². The van der Waals surface area contributed by atoms with Crippen LogP contribution in [0.1, 0.15) is 5.56 Å². The molecular formula is C24H19ClN4O3S. The molecule has 1 N–H and O–H groups in total. The predicted molar refractivity (Wildman–Crippen MR) is 131 cm³/mol. The first kappa shape index (κ1) is 22.4. The van der Waals surface area contributed by atoms with E-state index in [-0.39, 0.29) is 10.5 Å². The zero-order valence-corrected chi connectivity index (χ0v) is 19.3. The fraction of sp³-hybridized carbons (Fsp3) is 0.0833. The van der Waals surface area contributed by atoms with Crippen molar-refractivity contribution in [2.24, 2.45) is 10.2 Å². The van der Waals surface area contributed by atoms with Crippen LogP contribution in [-0.4, -0.2) is 21.4 Å². The Morgan fingerprint density at radius 1 is 0.939 bits per heavy atom. The fourth-order valence-corrected chi connectivity index (χ4v) is 3.85. The molecule has 0 aliphatic rings. The van der Waals surface area contributed by atoms with E-state index < -0.39 is 11.4 Å². The highest BCUT2D eigenvalue weighted by atomic mass is 35.5. The van der Waals surface area contributed by atoms with Crippen LogP contribution in [0.3, 0.4) is 0 Å². The molecule has 0 unspecified atom stereocenters. The van der Waals surface area contributed by atoms with Gasteiger partial charge in [0, 0.05) is 0 Å². The van der Waals surface area contributed by atoms with E-state index in [2.05, 4.69) is 10.2 Å². The van der Waals surface area contributed by atoms with E-state index in [0.717, 1.165) is 5.56 Å². The molecule has 0 saturated heterocycles. The van der Waals surface area contributed by atoms with Crippen LogP contribution in [0.15, 0.2) is 87.8 Å². The average molecular weight is 479 g/mol. The molecule has 1 heterocycles. The van der Waals surface area contributed by atoms with Crippen LogP contribution in [0.25, 0.3) is 11.4 Å². The van der Waals surface area contributed by atoms with Crippen LogP contribution in [0.5, 0.6) is 11.6 Å². The summed E-state index contributed by atoms with van der Waals surface area (Å²) in [6.07, 6.45) is 0. The number of ether oxygens (including phenoxy) is 1. The lowest BCUT2D eigenvalue weighted by Gasteiger charge is -2.17. The van der Waals surface area contributed by atoms with Gasteiger partial charge in [0.05, 0.1) is 23.5 Å². The van der Waals surface area contributed by atoms with Gasteiger partial charge in [-0.25, -0.2) is 0 Å². The van der Waals surface area contributed by atoms with E-state index in [1.807, 2.05) is 25.1 Å². The standard InChI is InChI=1S/C24H19ClN4O3S/c1-15-7-3-6-10-20(15)29-23(31)21(27-26-19-9-5-4-8-18(19)25)22(30)28(24(29)33)16-11-13-17(32-2)14-12-16/h3-14,31H,1-2H3. The Kier molecular flexibility index (Phi) is 6.39. The molecule has 7 nitrogen and oxygen atoms in total. The van der Waals surface area contributed by atoms with E-state index in [9.17, 15) is 9.90 Å². The number of benzene rings is 3. The van der Waals surface area contributed by atoms with Gasteiger partial charge in [0.25, 0.3) is 5.56 Å². The molecule has 9 heteroatoms. The van der Waals surface area contributed by atoms with Gasteiger partial charge in [-0.15, -0.1) is 10.2 Å². The van der Waals surface area contributed by atoms with Gasteiger partial charge < -0.3 is 9.84 Å². The summed E-state index contributed by atoms with van der Waals surface area (Å²) in [5.74, 6) is 0.210. The van der Waals surface area contributed by atoms with Gasteiger partial charge in [-0.3, -0.25) is 13.9 Å². The number of methoxy groups -OCH3 is 1. The monoisotopic (exact) mass is 478 g/mol. The summed E-state index contributed by atoms with van der Waals surface area (Å²) in [5, 5.41) is 19.6. The van der Waals surface area contributed by atoms with Crippen molar-refractivity contribution in [2.75, 3.05) is 7.11 Å². The van der Waals surface area contributed by atoms with Crippen LogP contribution < -0.4 is 10.3 Å². The molecule has 166 valence electrons. The van der Waals surface area contributed by atoms with E-state index in [4.69, 9.17) is 28.6 Å². The van der Waals surface area contributed by atoms with Crippen LogP contribution in [-0.2, 0) is 0 Å². The van der Waals surface area contributed by atoms with Gasteiger partial charge in [-0.05, 0) is 67.2 Å². The van der Waals surface area contributed by atoms with Gasteiger partial charge in [0.1, 0.15) is 11.4 Å². The van der Waals surface area contributed by atoms with E-state index in [1.54, 1.807) is 61.7 Å². The van der Waals surface area contributed by atoms with Crippen molar-refractivity contribution in [1.29, 1.82) is 0 Å². The minimum absolute atomic E-state index is 0.0775. The van der Waals surface area contributed by atoms with E-state index in [0.29, 0.717) is 27.8 Å². The Labute approximate surface area is 199 Å². The highest BCUT2D eigenvalue weighted by Crippen LogP contribution is 2.32. The Hall–Kier alpha value is -3.75. The second-order valence-corrected chi connectivity index (χ2v) is 7.84. The quantitative estimate of drug-likeness (QED) is 0.264. The summed E-state index contributed by atoms with van der Waals surface area (Å²) in [5.41, 5.74) is 1.40. The summed E-state index contributed by atoms with van der Waals surface area (Å²) in [6.45, 7) is 1.88. The minimum Gasteiger partial charge on any atom is -0.497 e. The van der Waals surface area contributed by atoms with E-state index >= 15 is 0 Å². The summed E-state index contributed by atoms with van der Waals surface area (Å²) < 4.78 is 7.98. The lowest BCUT2D eigenvalue weighted by Crippen LogP contribution is -2.23. The molecule has 33 heavy (non-hydrogen) atoms. The minimum atomic E-state index is -0.622. The topological polar surface area (TPSA) is 81.1 Å². The Morgan fingerprint density at radius 2 is 1.61 bits per heavy atom. The third-order valence-electron chi connectivity index (χ3n) is 5.01. The number of aryl methyl sites for hydroxylation is 1. The summed E-state index contributed by atoms with van der Waals surface area (Å²) in [6, 6.07) is 21.0. The lowest BCUT2D eigenvalue weighted by atomic mass is 10.2. The molecule has 0 fully saturated rings.